The molecule has 2 aromatic rings. The summed E-state index contributed by atoms with van der Waals surface area (Å²) in [5.41, 5.74) is 2.70. The molecule has 5 heteroatoms. The maximum Gasteiger partial charge on any atom is 0.495 e. The molecule has 2 fully saturated rings. The molecule has 128 valence electrons. The lowest BCUT2D eigenvalue weighted by atomic mass is 9.77. The van der Waals surface area contributed by atoms with Crippen LogP contribution in [0, 0.1) is 0 Å². The number of hydrogen-bond donors (Lipinski definition) is 1. The molecule has 0 amide bonds. The van der Waals surface area contributed by atoms with Gasteiger partial charge in [0.2, 0.25) is 0 Å². The third-order valence-corrected chi connectivity index (χ3v) is 6.14. The fraction of sp³-hybridized carbons (Fsp3) is 0.632. The van der Waals surface area contributed by atoms with Crippen LogP contribution < -0.4 is 5.46 Å². The van der Waals surface area contributed by atoms with E-state index in [9.17, 15) is 0 Å². The van der Waals surface area contributed by atoms with Crippen molar-refractivity contribution in [3.63, 3.8) is 0 Å². The molecule has 0 unspecified atom stereocenters. The molecule has 3 heterocycles. The molecule has 1 saturated heterocycles. The van der Waals surface area contributed by atoms with Gasteiger partial charge < -0.3 is 14.3 Å². The highest BCUT2D eigenvalue weighted by Crippen LogP contribution is 2.37. The largest absolute Gasteiger partial charge is 0.495 e. The van der Waals surface area contributed by atoms with Crippen molar-refractivity contribution in [3.05, 3.63) is 24.0 Å². The Morgan fingerprint density at radius 3 is 2.42 bits per heavy atom. The number of fused-ring (bicyclic) bond motifs is 1. The molecule has 0 aromatic carbocycles. The van der Waals surface area contributed by atoms with Gasteiger partial charge in [-0.25, -0.2) is 4.98 Å². The topological polar surface area (TPSA) is 47.1 Å². The van der Waals surface area contributed by atoms with Crippen LogP contribution in [0.3, 0.4) is 0 Å². The molecule has 4 rings (SSSR count). The van der Waals surface area contributed by atoms with Crippen molar-refractivity contribution in [3.8, 4) is 0 Å². The number of nitrogens with zero attached hydrogens (tertiary/aromatic N) is 1. The van der Waals surface area contributed by atoms with Crippen LogP contribution in [0.1, 0.15) is 71.4 Å². The summed E-state index contributed by atoms with van der Waals surface area (Å²) in [6.07, 6.45) is 8.43. The Morgan fingerprint density at radius 1 is 1.08 bits per heavy atom. The van der Waals surface area contributed by atoms with E-state index in [0.717, 1.165) is 16.5 Å². The molecule has 0 atom stereocenters. The van der Waals surface area contributed by atoms with Crippen molar-refractivity contribution in [1.29, 1.82) is 0 Å². The summed E-state index contributed by atoms with van der Waals surface area (Å²) < 4.78 is 12.5. The Labute approximate surface area is 144 Å². The van der Waals surface area contributed by atoms with Crippen LogP contribution in [0.2, 0.25) is 0 Å². The van der Waals surface area contributed by atoms with E-state index in [1.54, 1.807) is 0 Å². The van der Waals surface area contributed by atoms with Gasteiger partial charge >= 0.3 is 7.12 Å². The molecule has 1 N–H and O–H groups in total. The Bertz CT molecular complexity index is 731. The molecule has 4 nitrogen and oxygen atoms in total. The number of rotatable bonds is 2. The normalized spacial score (nSPS) is 23.9. The second-order valence-electron chi connectivity index (χ2n) is 8.31. The van der Waals surface area contributed by atoms with Crippen LogP contribution in [0.25, 0.3) is 11.0 Å². The third kappa shape index (κ3) is 2.58. The fourth-order valence-corrected chi connectivity index (χ4v) is 3.88. The van der Waals surface area contributed by atoms with Crippen LogP contribution in [-0.4, -0.2) is 28.3 Å². The highest BCUT2D eigenvalue weighted by molar-refractivity contribution is 6.65. The predicted octanol–water partition coefficient (Wildman–Crippen LogP) is 3.91. The number of aromatic amines is 1. The zero-order valence-electron chi connectivity index (χ0n) is 15.2. The van der Waals surface area contributed by atoms with E-state index in [1.165, 1.54) is 37.8 Å². The highest BCUT2D eigenvalue weighted by Gasteiger charge is 2.52. The highest BCUT2D eigenvalue weighted by atomic mass is 16.7. The number of pyridine rings is 1. The second-order valence-corrected chi connectivity index (χ2v) is 8.31. The van der Waals surface area contributed by atoms with Crippen molar-refractivity contribution in [2.75, 3.05) is 0 Å². The van der Waals surface area contributed by atoms with Gasteiger partial charge in [-0.2, -0.15) is 0 Å². The maximum absolute atomic E-state index is 6.25. The smallest absolute Gasteiger partial charge is 0.399 e. The van der Waals surface area contributed by atoms with E-state index in [-0.39, 0.29) is 18.3 Å². The van der Waals surface area contributed by atoms with E-state index >= 15 is 0 Å². The number of nitrogens with one attached hydrogen (secondary N) is 1. The number of H-pyrrole nitrogens is 1. The summed E-state index contributed by atoms with van der Waals surface area (Å²) in [4.78, 5) is 8.08. The van der Waals surface area contributed by atoms with E-state index in [4.69, 9.17) is 9.31 Å². The van der Waals surface area contributed by atoms with E-state index in [2.05, 4.69) is 43.7 Å². The fourth-order valence-electron chi connectivity index (χ4n) is 3.88. The summed E-state index contributed by atoms with van der Waals surface area (Å²) in [5, 5.41) is 1.14. The van der Waals surface area contributed by atoms with E-state index in [0.29, 0.717) is 5.92 Å². The Hall–Kier alpha value is -1.33. The van der Waals surface area contributed by atoms with Gasteiger partial charge in [0.25, 0.3) is 0 Å². The van der Waals surface area contributed by atoms with Crippen molar-refractivity contribution < 1.29 is 9.31 Å². The van der Waals surface area contributed by atoms with Gasteiger partial charge in [-0.05, 0) is 64.1 Å². The lowest BCUT2D eigenvalue weighted by molar-refractivity contribution is 0.00578. The molecular formula is C19H27BN2O2. The number of hydrogen-bond acceptors (Lipinski definition) is 3. The lowest BCUT2D eigenvalue weighted by Gasteiger charge is -2.32. The first-order valence-electron chi connectivity index (χ1n) is 9.20. The molecular weight excluding hydrogens is 299 g/mol. The van der Waals surface area contributed by atoms with E-state index in [1.807, 2.05) is 12.3 Å². The van der Waals surface area contributed by atoms with Gasteiger partial charge in [-0.1, -0.05) is 19.3 Å². The molecule has 2 aromatic heterocycles. The van der Waals surface area contributed by atoms with E-state index < -0.39 is 0 Å². The van der Waals surface area contributed by atoms with Gasteiger partial charge in [0.15, 0.2) is 0 Å². The Kier molecular flexibility index (Phi) is 3.77. The molecule has 1 saturated carbocycles. The Balaban J connectivity index is 1.70. The van der Waals surface area contributed by atoms with Crippen LogP contribution in [0.4, 0.5) is 0 Å². The zero-order chi connectivity index (χ0) is 16.9. The molecule has 0 bridgehead atoms. The molecule has 2 aliphatic rings. The standard InChI is InChI=1S/C19H27BN2O2/c1-18(2)19(3,4)24-20(23-18)15-10-11-21-17-14(15)12-16(22-17)13-8-6-5-7-9-13/h10-13H,5-9H2,1-4H3,(H,21,22). The summed E-state index contributed by atoms with van der Waals surface area (Å²) in [6.45, 7) is 8.37. The summed E-state index contributed by atoms with van der Waals surface area (Å²) in [5.74, 6) is 0.638. The van der Waals surface area contributed by atoms with Crippen molar-refractivity contribution in [2.24, 2.45) is 0 Å². The van der Waals surface area contributed by atoms with Gasteiger partial charge in [0, 0.05) is 17.3 Å². The Morgan fingerprint density at radius 2 is 1.75 bits per heavy atom. The first-order chi connectivity index (χ1) is 11.4. The second kappa shape index (κ2) is 5.60. The molecule has 0 spiro atoms. The predicted molar refractivity (Wildman–Crippen MR) is 97.6 cm³/mol. The van der Waals surface area contributed by atoms with Gasteiger partial charge in [0.05, 0.1) is 11.2 Å². The van der Waals surface area contributed by atoms with Crippen molar-refractivity contribution in [1.82, 2.24) is 9.97 Å². The van der Waals surface area contributed by atoms with Crippen LogP contribution in [-0.2, 0) is 9.31 Å². The molecule has 0 radical (unpaired) electrons. The monoisotopic (exact) mass is 326 g/mol. The zero-order valence-corrected chi connectivity index (χ0v) is 15.2. The van der Waals surface area contributed by atoms with Gasteiger partial charge in [0.1, 0.15) is 5.65 Å². The lowest BCUT2D eigenvalue weighted by Crippen LogP contribution is -2.41. The van der Waals surface area contributed by atoms with Crippen molar-refractivity contribution >= 4 is 23.6 Å². The summed E-state index contributed by atoms with van der Waals surface area (Å²) >= 11 is 0. The minimum absolute atomic E-state index is 0.324. The van der Waals surface area contributed by atoms with Crippen LogP contribution >= 0.6 is 0 Å². The first kappa shape index (κ1) is 16.2. The molecule has 24 heavy (non-hydrogen) atoms. The van der Waals surface area contributed by atoms with Gasteiger partial charge in [-0.15, -0.1) is 0 Å². The maximum atomic E-state index is 6.25. The first-order valence-corrected chi connectivity index (χ1v) is 9.20. The molecule has 1 aliphatic carbocycles. The third-order valence-electron chi connectivity index (χ3n) is 6.14. The van der Waals surface area contributed by atoms with Crippen LogP contribution in [0.15, 0.2) is 18.3 Å². The van der Waals surface area contributed by atoms with Gasteiger partial charge in [-0.3, -0.25) is 0 Å². The quantitative estimate of drug-likeness (QED) is 0.851. The van der Waals surface area contributed by atoms with Crippen molar-refractivity contribution in [2.45, 2.75) is 76.9 Å². The van der Waals surface area contributed by atoms with Crippen LogP contribution in [0.5, 0.6) is 0 Å². The average Bonchev–Trinajstić information content (AvgIpc) is 3.06. The summed E-state index contributed by atoms with van der Waals surface area (Å²) in [6, 6.07) is 4.31. The summed E-state index contributed by atoms with van der Waals surface area (Å²) in [7, 11) is -0.337. The molecule has 1 aliphatic heterocycles. The number of aromatic nitrogens is 2. The average molecular weight is 326 g/mol. The SMILES string of the molecule is CC1(C)OB(c2ccnc3[nH]c(C4CCCCC4)cc23)OC1(C)C. The minimum atomic E-state index is -0.337. The minimum Gasteiger partial charge on any atom is -0.399 e.